The molecule has 0 bridgehead atoms. The molecule has 242 valence electrons. The SMILES string of the molecule is C=C(C)OC(=O)COc1ccc(N(Cc2cc(C#N)ccc2F)C2CCN([C@H](C)CCNC(=O)c3c(C)ncnc3C)CC2)cc1. The third kappa shape index (κ3) is 9.11. The van der Waals surface area contributed by atoms with Gasteiger partial charge in [0.2, 0.25) is 0 Å². The highest BCUT2D eigenvalue weighted by molar-refractivity contribution is 5.96. The number of hydrogen-bond donors (Lipinski definition) is 1. The zero-order valence-corrected chi connectivity index (χ0v) is 26.9. The summed E-state index contributed by atoms with van der Waals surface area (Å²) in [5.41, 5.74) is 3.58. The van der Waals surface area contributed by atoms with Gasteiger partial charge in [0.05, 0.1) is 34.3 Å². The Kier molecular flexibility index (Phi) is 11.8. The highest BCUT2D eigenvalue weighted by Gasteiger charge is 2.28. The number of likely N-dealkylation sites (tertiary alicyclic amines) is 1. The molecular weight excluding hydrogens is 587 g/mol. The van der Waals surface area contributed by atoms with Crippen molar-refractivity contribution in [2.75, 3.05) is 31.1 Å². The van der Waals surface area contributed by atoms with E-state index in [9.17, 15) is 19.2 Å². The van der Waals surface area contributed by atoms with E-state index >= 15 is 0 Å². The second-order valence-corrected chi connectivity index (χ2v) is 11.6. The number of carbonyl (C=O) groups is 2. The third-order valence-corrected chi connectivity index (χ3v) is 8.19. The van der Waals surface area contributed by atoms with Crippen LogP contribution in [0.4, 0.5) is 10.1 Å². The van der Waals surface area contributed by atoms with Crippen molar-refractivity contribution in [2.45, 2.75) is 65.6 Å². The number of rotatable bonds is 13. The van der Waals surface area contributed by atoms with E-state index in [1.54, 1.807) is 39.0 Å². The largest absolute Gasteiger partial charge is 0.482 e. The molecule has 46 heavy (non-hydrogen) atoms. The Balaban J connectivity index is 1.39. The number of nitrogens with one attached hydrogen (secondary N) is 1. The fourth-order valence-corrected chi connectivity index (χ4v) is 5.71. The lowest BCUT2D eigenvalue weighted by atomic mass is 9.99. The minimum Gasteiger partial charge on any atom is -0.482 e. The lowest BCUT2D eigenvalue weighted by Gasteiger charge is -2.42. The Labute approximate surface area is 269 Å². The average Bonchev–Trinajstić information content (AvgIpc) is 3.03. The number of anilines is 1. The van der Waals surface area contributed by atoms with Crippen LogP contribution in [-0.2, 0) is 16.1 Å². The summed E-state index contributed by atoms with van der Waals surface area (Å²) in [5.74, 6) is -0.261. The number of allylic oxidation sites excluding steroid dienone is 1. The maximum absolute atomic E-state index is 14.9. The first kappa shape index (κ1) is 34.1. The molecular formula is C35H41FN6O4. The number of piperidine rings is 1. The van der Waals surface area contributed by atoms with Crippen LogP contribution in [0.2, 0.25) is 0 Å². The van der Waals surface area contributed by atoms with E-state index in [0.29, 0.717) is 52.7 Å². The van der Waals surface area contributed by atoms with Gasteiger partial charge in [0.25, 0.3) is 5.91 Å². The van der Waals surface area contributed by atoms with Crippen molar-refractivity contribution >= 4 is 17.6 Å². The fraction of sp³-hybridized carbons (Fsp3) is 0.400. The third-order valence-electron chi connectivity index (χ3n) is 8.19. The van der Waals surface area contributed by atoms with Crippen LogP contribution in [0.5, 0.6) is 5.75 Å². The highest BCUT2D eigenvalue weighted by Crippen LogP contribution is 2.29. The summed E-state index contributed by atoms with van der Waals surface area (Å²) < 4.78 is 25.4. The quantitative estimate of drug-likeness (QED) is 0.200. The van der Waals surface area contributed by atoms with Crippen molar-refractivity contribution in [2.24, 2.45) is 0 Å². The molecule has 11 heteroatoms. The number of esters is 1. The smallest absolute Gasteiger partial charge is 0.349 e. The number of halogens is 1. The van der Waals surface area contributed by atoms with Crippen LogP contribution < -0.4 is 15.0 Å². The predicted molar refractivity (Wildman–Crippen MR) is 173 cm³/mol. The van der Waals surface area contributed by atoms with Gasteiger partial charge < -0.3 is 24.6 Å². The number of amides is 1. The number of nitrogens with zero attached hydrogens (tertiary/aromatic N) is 5. The standard InChI is InChI=1S/C35H41FN6O4/c1-23(2)46-33(43)21-45-31-9-7-29(8-10-31)42(20-28-18-27(19-37)6-11-32(28)36)30-13-16-41(17-14-30)24(3)12-15-38-35(44)34-25(4)39-22-40-26(34)5/h6-11,18,22,24,30H,1,12-17,20-21H2,2-5H3,(H,38,44)/t24-/m1/s1. The summed E-state index contributed by atoms with van der Waals surface area (Å²) in [7, 11) is 0. The molecule has 0 saturated carbocycles. The molecule has 2 heterocycles. The van der Waals surface area contributed by atoms with Crippen LogP contribution in [0.15, 0.2) is 61.1 Å². The zero-order chi connectivity index (χ0) is 33.2. The Morgan fingerprint density at radius 3 is 2.46 bits per heavy atom. The van der Waals surface area contributed by atoms with Gasteiger partial charge in [0, 0.05) is 49.5 Å². The average molecular weight is 629 g/mol. The molecule has 0 spiro atoms. The number of nitriles is 1. The van der Waals surface area contributed by atoms with E-state index in [-0.39, 0.29) is 30.4 Å². The summed E-state index contributed by atoms with van der Waals surface area (Å²) in [5, 5.41) is 12.4. The maximum atomic E-state index is 14.9. The second-order valence-electron chi connectivity index (χ2n) is 11.6. The molecule has 0 unspecified atom stereocenters. The number of aromatic nitrogens is 2. The van der Waals surface area contributed by atoms with E-state index in [2.05, 4.69) is 44.7 Å². The van der Waals surface area contributed by atoms with Crippen LogP contribution in [0.1, 0.15) is 66.0 Å². The van der Waals surface area contributed by atoms with Gasteiger partial charge in [0.1, 0.15) is 17.9 Å². The lowest BCUT2D eigenvalue weighted by molar-refractivity contribution is -0.141. The minimum atomic E-state index is -0.537. The van der Waals surface area contributed by atoms with E-state index < -0.39 is 5.97 Å². The topological polar surface area (TPSA) is 121 Å². The van der Waals surface area contributed by atoms with Gasteiger partial charge in [-0.1, -0.05) is 6.58 Å². The van der Waals surface area contributed by atoms with E-state index in [1.165, 1.54) is 18.5 Å². The number of ether oxygens (including phenoxy) is 2. The molecule has 1 amide bonds. The van der Waals surface area contributed by atoms with E-state index in [0.717, 1.165) is 38.0 Å². The first-order valence-corrected chi connectivity index (χ1v) is 15.4. The van der Waals surface area contributed by atoms with Crippen LogP contribution >= 0.6 is 0 Å². The molecule has 4 rings (SSSR count). The summed E-state index contributed by atoms with van der Waals surface area (Å²) in [6.45, 7) is 13.2. The first-order chi connectivity index (χ1) is 22.0. The van der Waals surface area contributed by atoms with Gasteiger partial charge in [-0.05, 0) is 89.4 Å². The molecule has 2 aromatic carbocycles. The van der Waals surface area contributed by atoms with E-state index in [4.69, 9.17) is 9.47 Å². The summed E-state index contributed by atoms with van der Waals surface area (Å²) in [6.07, 6.45) is 3.95. The maximum Gasteiger partial charge on any atom is 0.349 e. The fourth-order valence-electron chi connectivity index (χ4n) is 5.71. The number of aryl methyl sites for hydroxylation is 2. The predicted octanol–water partition coefficient (Wildman–Crippen LogP) is 5.24. The van der Waals surface area contributed by atoms with Gasteiger partial charge in [-0.2, -0.15) is 5.26 Å². The molecule has 1 N–H and O–H groups in total. The summed E-state index contributed by atoms with van der Waals surface area (Å²) in [6, 6.07) is 14.2. The van der Waals surface area contributed by atoms with Crippen LogP contribution in [-0.4, -0.2) is 65.1 Å². The Morgan fingerprint density at radius 2 is 1.83 bits per heavy atom. The van der Waals surface area contributed by atoms with Crippen molar-refractivity contribution < 1.29 is 23.5 Å². The van der Waals surface area contributed by atoms with Crippen molar-refractivity contribution in [3.8, 4) is 11.8 Å². The molecule has 1 atom stereocenters. The minimum absolute atomic E-state index is 0.120. The molecule has 0 radical (unpaired) electrons. The molecule has 1 aliphatic heterocycles. The second kappa shape index (κ2) is 16.0. The Hall–Kier alpha value is -4.82. The zero-order valence-electron chi connectivity index (χ0n) is 26.9. The Bertz CT molecular complexity index is 1560. The molecule has 1 saturated heterocycles. The molecule has 1 aliphatic rings. The van der Waals surface area contributed by atoms with Gasteiger partial charge in [-0.25, -0.2) is 19.2 Å². The van der Waals surface area contributed by atoms with Gasteiger partial charge >= 0.3 is 5.97 Å². The molecule has 1 aromatic heterocycles. The normalized spacial score (nSPS) is 14.2. The van der Waals surface area contributed by atoms with Crippen molar-refractivity contribution in [1.82, 2.24) is 20.2 Å². The number of benzene rings is 2. The van der Waals surface area contributed by atoms with Crippen LogP contribution in [0.3, 0.4) is 0 Å². The van der Waals surface area contributed by atoms with Crippen molar-refractivity contribution in [1.29, 1.82) is 5.26 Å². The van der Waals surface area contributed by atoms with Gasteiger partial charge in [-0.15, -0.1) is 0 Å². The monoisotopic (exact) mass is 628 g/mol. The van der Waals surface area contributed by atoms with E-state index in [1.807, 2.05) is 12.1 Å². The number of carbonyl (C=O) groups excluding carboxylic acids is 2. The van der Waals surface area contributed by atoms with Crippen molar-refractivity contribution in [3.05, 3.63) is 95.0 Å². The molecule has 10 nitrogen and oxygen atoms in total. The van der Waals surface area contributed by atoms with Crippen LogP contribution in [0.25, 0.3) is 0 Å². The van der Waals surface area contributed by atoms with Crippen molar-refractivity contribution in [3.63, 3.8) is 0 Å². The highest BCUT2D eigenvalue weighted by atomic mass is 19.1. The lowest BCUT2D eigenvalue weighted by Crippen LogP contribution is -2.48. The molecule has 0 aliphatic carbocycles. The van der Waals surface area contributed by atoms with Gasteiger partial charge in [0.15, 0.2) is 6.61 Å². The summed E-state index contributed by atoms with van der Waals surface area (Å²) >= 11 is 0. The summed E-state index contributed by atoms with van der Waals surface area (Å²) in [4.78, 5) is 37.5. The Morgan fingerprint density at radius 1 is 1.15 bits per heavy atom. The molecule has 1 fully saturated rings. The van der Waals surface area contributed by atoms with Gasteiger partial charge in [-0.3, -0.25) is 4.79 Å². The first-order valence-electron chi connectivity index (χ1n) is 15.4. The van der Waals surface area contributed by atoms with Crippen LogP contribution in [0, 0.1) is 31.0 Å². The molecule has 3 aromatic rings. The number of hydrogen-bond acceptors (Lipinski definition) is 9.